The van der Waals surface area contributed by atoms with Crippen molar-refractivity contribution >= 4 is 17.2 Å². The topological polar surface area (TPSA) is 124 Å². The maximum absolute atomic E-state index is 14.0. The van der Waals surface area contributed by atoms with Gasteiger partial charge in [0, 0.05) is 33.3 Å². The van der Waals surface area contributed by atoms with Crippen molar-refractivity contribution in [2.24, 2.45) is 5.73 Å². The van der Waals surface area contributed by atoms with Crippen LogP contribution in [0.3, 0.4) is 0 Å². The number of rotatable bonds is 8. The number of oxazole rings is 1. The molecule has 5 aromatic rings. The summed E-state index contributed by atoms with van der Waals surface area (Å²) in [7, 11) is 0. The molecule has 3 heterocycles. The van der Waals surface area contributed by atoms with E-state index >= 15 is 0 Å². The summed E-state index contributed by atoms with van der Waals surface area (Å²) in [6.45, 7) is 10.2. The fourth-order valence-electron chi connectivity index (χ4n) is 4.41. The maximum Gasteiger partial charge on any atom is 0.254 e. The molecule has 0 radical (unpaired) electrons. The van der Waals surface area contributed by atoms with E-state index in [2.05, 4.69) is 20.2 Å². The highest BCUT2D eigenvalue weighted by atomic mass is 32.1. The number of amides is 1. The van der Waals surface area contributed by atoms with Gasteiger partial charge in [-0.15, -0.1) is 21.5 Å². The molecule has 5 rings (SSSR count). The highest BCUT2D eigenvalue weighted by molar-refractivity contribution is 7.09. The van der Waals surface area contributed by atoms with Gasteiger partial charge in [0.15, 0.2) is 0 Å². The lowest BCUT2D eigenvalue weighted by atomic mass is 9.94. The zero-order chi connectivity index (χ0) is 28.5. The smallest absolute Gasteiger partial charge is 0.254 e. The Hall–Kier alpha value is -4.15. The summed E-state index contributed by atoms with van der Waals surface area (Å²) in [4.78, 5) is 24.7. The van der Waals surface area contributed by atoms with Crippen LogP contribution in [0.1, 0.15) is 60.2 Å². The number of carbonyl (C=O) groups excluding carboxylic acids is 1. The minimum Gasteiger partial charge on any atom is -0.445 e. The molecule has 1 atom stereocenters. The first kappa shape index (κ1) is 27.4. The second-order valence-corrected chi connectivity index (χ2v) is 12.0. The van der Waals surface area contributed by atoms with Gasteiger partial charge in [-0.3, -0.25) is 4.79 Å². The van der Waals surface area contributed by atoms with E-state index in [9.17, 15) is 4.79 Å². The molecule has 0 saturated heterocycles. The third-order valence-corrected chi connectivity index (χ3v) is 7.40. The summed E-state index contributed by atoms with van der Waals surface area (Å²) < 4.78 is 11.7. The van der Waals surface area contributed by atoms with E-state index in [0.717, 1.165) is 16.3 Å². The lowest BCUT2D eigenvalue weighted by Crippen LogP contribution is -2.45. The number of aromatic nitrogens is 4. The minimum atomic E-state index is -0.889. The highest BCUT2D eigenvalue weighted by Crippen LogP contribution is 2.31. The summed E-state index contributed by atoms with van der Waals surface area (Å²) in [6.07, 6.45) is 3.57. The average Bonchev–Trinajstić information content (AvgIpc) is 3.69. The number of hydrogen-bond donors (Lipinski definition) is 1. The summed E-state index contributed by atoms with van der Waals surface area (Å²) in [5, 5.41) is 11.4. The standard InChI is InChI=1S/C30H32N6O3S/c1-19-18-40-24(33-19)17-36(29(2,3)4)27(37)23-14-21(25-32-11-12-38-25)13-22(15-23)26-34-35-28(39-26)30(5,31)16-20-9-7-6-8-10-20/h6-15,18H,16-17,31H2,1-5H3. The predicted molar refractivity (Wildman–Crippen MR) is 153 cm³/mol. The first-order chi connectivity index (χ1) is 19.0. The van der Waals surface area contributed by atoms with Gasteiger partial charge in [0.1, 0.15) is 11.3 Å². The van der Waals surface area contributed by atoms with Crippen LogP contribution in [0.2, 0.25) is 0 Å². The lowest BCUT2D eigenvalue weighted by Gasteiger charge is -2.35. The first-order valence-electron chi connectivity index (χ1n) is 12.9. The molecule has 0 fully saturated rings. The van der Waals surface area contributed by atoms with Gasteiger partial charge >= 0.3 is 0 Å². The molecule has 0 aliphatic heterocycles. The fraction of sp³-hybridized carbons (Fsp3) is 0.300. The molecule has 10 heteroatoms. The number of hydrogen-bond acceptors (Lipinski definition) is 9. The SMILES string of the molecule is Cc1csc(CN(C(=O)c2cc(-c3ncco3)cc(-c3nnc(C(C)(N)Cc4ccccc4)o3)c2)C(C)(C)C)n1. The number of thiazole rings is 1. The van der Waals surface area contributed by atoms with Crippen molar-refractivity contribution in [3.05, 3.63) is 94.1 Å². The normalized spacial score (nSPS) is 13.2. The molecule has 206 valence electrons. The van der Waals surface area contributed by atoms with Gasteiger partial charge in [0.2, 0.25) is 17.7 Å². The summed E-state index contributed by atoms with van der Waals surface area (Å²) in [5.41, 5.74) is 8.87. The Bertz CT molecular complexity index is 1600. The Morgan fingerprint density at radius 1 is 1.02 bits per heavy atom. The van der Waals surface area contributed by atoms with Crippen molar-refractivity contribution in [3.8, 4) is 22.9 Å². The molecule has 0 bridgehead atoms. The molecule has 2 N–H and O–H groups in total. The van der Waals surface area contributed by atoms with Crippen LogP contribution in [0.25, 0.3) is 22.9 Å². The molecule has 0 aliphatic carbocycles. The molecule has 0 spiro atoms. The van der Waals surface area contributed by atoms with Gasteiger partial charge in [-0.2, -0.15) is 0 Å². The van der Waals surface area contributed by atoms with Gasteiger partial charge < -0.3 is 19.5 Å². The van der Waals surface area contributed by atoms with E-state index in [0.29, 0.717) is 41.4 Å². The van der Waals surface area contributed by atoms with Crippen molar-refractivity contribution in [1.82, 2.24) is 25.1 Å². The van der Waals surface area contributed by atoms with E-state index in [1.165, 1.54) is 17.6 Å². The van der Waals surface area contributed by atoms with Gasteiger partial charge in [-0.05, 0) is 64.8 Å². The third kappa shape index (κ3) is 6.03. The molecule has 0 saturated carbocycles. The van der Waals surface area contributed by atoms with Crippen LogP contribution in [0.5, 0.6) is 0 Å². The molecule has 2 aromatic carbocycles. The molecule has 3 aromatic heterocycles. The van der Waals surface area contributed by atoms with Crippen molar-refractivity contribution < 1.29 is 13.6 Å². The van der Waals surface area contributed by atoms with Crippen molar-refractivity contribution in [2.45, 2.75) is 58.7 Å². The molecule has 9 nitrogen and oxygen atoms in total. The lowest BCUT2D eigenvalue weighted by molar-refractivity contribution is 0.0558. The average molecular weight is 557 g/mol. The van der Waals surface area contributed by atoms with Crippen LogP contribution in [0.4, 0.5) is 0 Å². The van der Waals surface area contributed by atoms with Gasteiger partial charge in [-0.1, -0.05) is 30.3 Å². The number of nitrogens with zero attached hydrogens (tertiary/aromatic N) is 5. The fourth-order valence-corrected chi connectivity index (χ4v) is 5.17. The van der Waals surface area contributed by atoms with Crippen LogP contribution >= 0.6 is 11.3 Å². The van der Waals surface area contributed by atoms with E-state index < -0.39 is 11.1 Å². The van der Waals surface area contributed by atoms with Crippen LogP contribution in [0, 0.1) is 6.92 Å². The Morgan fingerprint density at radius 2 is 1.75 bits per heavy atom. The number of aryl methyl sites for hydroxylation is 1. The first-order valence-corrected chi connectivity index (χ1v) is 13.8. The second kappa shape index (κ2) is 10.8. The molecular formula is C30H32N6O3S. The Morgan fingerprint density at radius 3 is 2.38 bits per heavy atom. The largest absolute Gasteiger partial charge is 0.445 e. The summed E-state index contributed by atoms with van der Waals surface area (Å²) >= 11 is 1.54. The maximum atomic E-state index is 14.0. The van der Waals surface area contributed by atoms with Crippen LogP contribution < -0.4 is 5.73 Å². The van der Waals surface area contributed by atoms with Gasteiger partial charge in [-0.25, -0.2) is 9.97 Å². The number of carbonyl (C=O) groups is 1. The van der Waals surface area contributed by atoms with Crippen LogP contribution in [0.15, 0.2) is 75.2 Å². The predicted octanol–water partition coefficient (Wildman–Crippen LogP) is 6.01. The van der Waals surface area contributed by atoms with E-state index in [1.807, 2.05) is 76.4 Å². The zero-order valence-corrected chi connectivity index (χ0v) is 24.0. The quantitative estimate of drug-likeness (QED) is 0.246. The van der Waals surface area contributed by atoms with E-state index in [-0.39, 0.29) is 11.8 Å². The molecule has 1 amide bonds. The number of nitrogens with two attached hydrogens (primary N) is 1. The highest BCUT2D eigenvalue weighted by Gasteiger charge is 2.31. The zero-order valence-electron chi connectivity index (χ0n) is 23.2. The summed E-state index contributed by atoms with van der Waals surface area (Å²) in [5.74, 6) is 0.764. The molecule has 0 aliphatic rings. The third-order valence-electron chi connectivity index (χ3n) is 6.45. The molecule has 1 unspecified atom stereocenters. The Kier molecular flexibility index (Phi) is 7.39. The van der Waals surface area contributed by atoms with Crippen molar-refractivity contribution in [1.29, 1.82) is 0 Å². The van der Waals surface area contributed by atoms with Crippen LogP contribution in [-0.2, 0) is 18.5 Å². The summed E-state index contributed by atoms with van der Waals surface area (Å²) in [6, 6.07) is 15.2. The molecular weight excluding hydrogens is 524 g/mol. The minimum absolute atomic E-state index is 0.164. The Labute approximate surface area is 237 Å². The van der Waals surface area contributed by atoms with E-state index in [1.54, 1.807) is 23.2 Å². The Balaban J connectivity index is 1.52. The van der Waals surface area contributed by atoms with Gasteiger partial charge in [0.25, 0.3) is 5.91 Å². The number of benzene rings is 2. The monoisotopic (exact) mass is 556 g/mol. The van der Waals surface area contributed by atoms with Crippen LogP contribution in [-0.4, -0.2) is 36.5 Å². The van der Waals surface area contributed by atoms with Gasteiger partial charge in [0.05, 0.1) is 18.3 Å². The van der Waals surface area contributed by atoms with Crippen molar-refractivity contribution in [2.75, 3.05) is 0 Å². The van der Waals surface area contributed by atoms with Crippen molar-refractivity contribution in [3.63, 3.8) is 0 Å². The van der Waals surface area contributed by atoms with E-state index in [4.69, 9.17) is 14.6 Å². The second-order valence-electron chi connectivity index (χ2n) is 11.1. The molecule has 40 heavy (non-hydrogen) atoms.